The summed E-state index contributed by atoms with van der Waals surface area (Å²) in [6.45, 7) is 6.28. The van der Waals surface area contributed by atoms with Crippen molar-refractivity contribution in [2.75, 3.05) is 0 Å². The van der Waals surface area contributed by atoms with Crippen molar-refractivity contribution in [1.82, 2.24) is 3.97 Å². The van der Waals surface area contributed by atoms with E-state index in [1.165, 1.54) is 12.1 Å². The first kappa shape index (κ1) is 20.7. The van der Waals surface area contributed by atoms with Gasteiger partial charge in [-0.1, -0.05) is 61.1 Å². The minimum absolute atomic E-state index is 0.0154. The maximum absolute atomic E-state index is 13.5. The van der Waals surface area contributed by atoms with Gasteiger partial charge in [0.1, 0.15) is 0 Å². The van der Waals surface area contributed by atoms with Crippen molar-refractivity contribution in [3.05, 3.63) is 54.1 Å². The Bertz CT molecular complexity index is 1340. The van der Waals surface area contributed by atoms with Crippen molar-refractivity contribution >= 4 is 53.9 Å². The Hall–Kier alpha value is -2.05. The lowest BCUT2D eigenvalue weighted by atomic mass is 10.2. The molecule has 0 aliphatic rings. The number of rotatable bonds is 4. The molecular formula is C19H18ClNO4S2Si. The average Bonchev–Trinajstić information content (AvgIpc) is 2.96. The highest BCUT2D eigenvalue weighted by Crippen LogP contribution is 2.34. The summed E-state index contributed by atoms with van der Waals surface area (Å²) in [6, 6.07) is 12.9. The zero-order chi connectivity index (χ0) is 20.9. The van der Waals surface area contributed by atoms with Gasteiger partial charge in [-0.15, -0.1) is 6.42 Å². The summed E-state index contributed by atoms with van der Waals surface area (Å²) in [5.74, 6) is 2.28. The predicted molar refractivity (Wildman–Crippen MR) is 115 cm³/mol. The fourth-order valence-electron chi connectivity index (χ4n) is 3.02. The fourth-order valence-corrected chi connectivity index (χ4v) is 7.63. The largest absolute Gasteiger partial charge is 0.279 e. The first-order chi connectivity index (χ1) is 12.9. The van der Waals surface area contributed by atoms with Gasteiger partial charge in [-0.3, -0.25) is 0 Å². The fraction of sp³-hybridized carbons (Fsp3) is 0.158. The van der Waals surface area contributed by atoms with Crippen molar-refractivity contribution in [2.45, 2.75) is 29.6 Å². The van der Waals surface area contributed by atoms with Gasteiger partial charge in [0.15, 0.2) is 5.03 Å². The summed E-state index contributed by atoms with van der Waals surface area (Å²) in [5, 5.41) is 0.642. The third-order valence-corrected chi connectivity index (χ3v) is 9.56. The van der Waals surface area contributed by atoms with Gasteiger partial charge in [-0.05, 0) is 18.2 Å². The lowest BCUT2D eigenvalue weighted by Gasteiger charge is -2.18. The topological polar surface area (TPSA) is 73.2 Å². The van der Waals surface area contributed by atoms with Crippen molar-refractivity contribution in [3.63, 3.8) is 0 Å². The Morgan fingerprint density at radius 1 is 1.00 bits per heavy atom. The van der Waals surface area contributed by atoms with Crippen LogP contribution in [0.15, 0.2) is 58.5 Å². The maximum atomic E-state index is 13.5. The lowest BCUT2D eigenvalue weighted by molar-refractivity contribution is 0.578. The van der Waals surface area contributed by atoms with Gasteiger partial charge >= 0.3 is 0 Å². The standard InChI is InChI=1S/C19H18ClNO4S2Si/c1-5-16-17-11-6-7-12-18(17)21(19(16)26(20,22)23)27(24,25)14-9-8-10-15(13-14)28(2,3)4/h1,6-13H,2-4H3. The zero-order valence-electron chi connectivity index (χ0n) is 15.5. The second-order valence-corrected chi connectivity index (χ2v) is 16.7. The second-order valence-electron chi connectivity index (χ2n) is 7.33. The molecule has 0 radical (unpaired) electrons. The van der Waals surface area contributed by atoms with Crippen LogP contribution in [0, 0.1) is 12.3 Å². The van der Waals surface area contributed by atoms with Crippen LogP contribution in [-0.2, 0) is 19.1 Å². The van der Waals surface area contributed by atoms with E-state index in [0.29, 0.717) is 5.39 Å². The molecule has 0 bridgehead atoms. The van der Waals surface area contributed by atoms with E-state index in [9.17, 15) is 16.8 Å². The molecule has 5 nitrogen and oxygen atoms in total. The van der Waals surface area contributed by atoms with E-state index < -0.39 is 32.2 Å². The van der Waals surface area contributed by atoms with Crippen LogP contribution in [0.4, 0.5) is 0 Å². The predicted octanol–water partition coefficient (Wildman–Crippen LogP) is 3.33. The van der Waals surface area contributed by atoms with Gasteiger partial charge < -0.3 is 0 Å². The summed E-state index contributed by atoms with van der Waals surface area (Å²) >= 11 is 0. The molecule has 0 unspecified atom stereocenters. The van der Waals surface area contributed by atoms with Crippen LogP contribution in [0.25, 0.3) is 10.9 Å². The average molecular weight is 452 g/mol. The van der Waals surface area contributed by atoms with Crippen LogP contribution >= 0.6 is 10.7 Å². The number of halogens is 1. The van der Waals surface area contributed by atoms with Crippen molar-refractivity contribution < 1.29 is 16.8 Å². The molecule has 28 heavy (non-hydrogen) atoms. The van der Waals surface area contributed by atoms with Gasteiger partial charge in [0.05, 0.1) is 24.0 Å². The molecule has 2 aromatic carbocycles. The molecule has 0 atom stereocenters. The molecule has 0 aliphatic heterocycles. The van der Waals surface area contributed by atoms with Crippen LogP contribution in [0.2, 0.25) is 19.6 Å². The molecule has 0 N–H and O–H groups in total. The molecule has 3 aromatic rings. The van der Waals surface area contributed by atoms with Gasteiger partial charge in [0.25, 0.3) is 19.1 Å². The maximum Gasteiger partial charge on any atom is 0.279 e. The van der Waals surface area contributed by atoms with Gasteiger partial charge in [0.2, 0.25) is 0 Å². The number of benzene rings is 2. The van der Waals surface area contributed by atoms with E-state index in [-0.39, 0.29) is 16.0 Å². The number of nitrogens with zero attached hydrogens (tertiary/aromatic N) is 1. The Labute approximate surface area is 170 Å². The van der Waals surface area contributed by atoms with Gasteiger partial charge in [0, 0.05) is 16.1 Å². The number of hydrogen-bond acceptors (Lipinski definition) is 4. The van der Waals surface area contributed by atoms with Crippen LogP contribution < -0.4 is 5.19 Å². The molecular weight excluding hydrogens is 434 g/mol. The second kappa shape index (κ2) is 6.78. The van der Waals surface area contributed by atoms with Crippen LogP contribution in [0.5, 0.6) is 0 Å². The van der Waals surface area contributed by atoms with Crippen LogP contribution in [0.1, 0.15) is 5.56 Å². The smallest absolute Gasteiger partial charge is 0.220 e. The number of para-hydroxylation sites is 1. The number of terminal acetylenes is 1. The van der Waals surface area contributed by atoms with Gasteiger partial charge in [-0.2, -0.15) is 0 Å². The molecule has 1 aromatic heterocycles. The lowest BCUT2D eigenvalue weighted by Crippen LogP contribution is -2.38. The molecule has 146 valence electrons. The van der Waals surface area contributed by atoms with Crippen molar-refractivity contribution in [1.29, 1.82) is 0 Å². The Morgan fingerprint density at radius 2 is 1.64 bits per heavy atom. The van der Waals surface area contributed by atoms with E-state index in [1.807, 2.05) is 6.07 Å². The first-order valence-corrected chi connectivity index (χ1v) is 15.5. The molecule has 0 amide bonds. The third-order valence-electron chi connectivity index (χ3n) is 4.40. The molecule has 0 fully saturated rings. The van der Waals surface area contributed by atoms with E-state index in [2.05, 4.69) is 25.6 Å². The summed E-state index contributed by atoms with van der Waals surface area (Å²) in [7, 11) is -4.90. The molecule has 1 heterocycles. The monoisotopic (exact) mass is 451 g/mol. The summed E-state index contributed by atoms with van der Waals surface area (Å²) in [6.07, 6.45) is 5.51. The van der Waals surface area contributed by atoms with E-state index >= 15 is 0 Å². The van der Waals surface area contributed by atoms with Crippen LogP contribution in [-0.4, -0.2) is 28.9 Å². The molecule has 0 aliphatic carbocycles. The molecule has 9 heteroatoms. The number of hydrogen-bond donors (Lipinski definition) is 0. The van der Waals surface area contributed by atoms with E-state index in [0.717, 1.165) is 9.16 Å². The number of fused-ring (bicyclic) bond motifs is 1. The zero-order valence-corrected chi connectivity index (χ0v) is 18.9. The highest BCUT2D eigenvalue weighted by atomic mass is 35.7. The highest BCUT2D eigenvalue weighted by molar-refractivity contribution is 8.14. The summed E-state index contributed by atoms with van der Waals surface area (Å²) in [5.41, 5.74) is 0.0867. The first-order valence-electron chi connectivity index (χ1n) is 8.30. The normalized spacial score (nSPS) is 12.8. The Kier molecular flexibility index (Phi) is 5.00. The minimum Gasteiger partial charge on any atom is -0.220 e. The van der Waals surface area contributed by atoms with E-state index in [1.54, 1.807) is 30.3 Å². The highest BCUT2D eigenvalue weighted by Gasteiger charge is 2.33. The molecule has 0 saturated carbocycles. The molecule has 0 spiro atoms. The Morgan fingerprint density at radius 3 is 2.21 bits per heavy atom. The quantitative estimate of drug-likeness (QED) is 0.346. The third kappa shape index (κ3) is 3.39. The van der Waals surface area contributed by atoms with Crippen LogP contribution in [0.3, 0.4) is 0 Å². The molecule has 0 saturated heterocycles. The van der Waals surface area contributed by atoms with Crippen molar-refractivity contribution in [2.24, 2.45) is 0 Å². The molecule has 3 rings (SSSR count). The minimum atomic E-state index is -4.45. The Balaban J connectivity index is 2.47. The SMILES string of the molecule is C#Cc1c(S(=O)(=O)Cl)n(S(=O)(=O)c2cccc([Si](C)(C)C)c2)c2ccccc12. The van der Waals surface area contributed by atoms with Crippen molar-refractivity contribution in [3.8, 4) is 12.3 Å². The number of aromatic nitrogens is 1. The van der Waals surface area contributed by atoms with E-state index in [4.69, 9.17) is 17.1 Å². The van der Waals surface area contributed by atoms with Gasteiger partial charge in [-0.25, -0.2) is 20.8 Å². The summed E-state index contributed by atoms with van der Waals surface area (Å²) < 4.78 is 52.4. The summed E-state index contributed by atoms with van der Waals surface area (Å²) in [4.78, 5) is -0.0154.